The molecule has 0 aromatic carbocycles. The van der Waals surface area contributed by atoms with E-state index in [-0.39, 0.29) is 12.0 Å². The van der Waals surface area contributed by atoms with Crippen molar-refractivity contribution in [2.75, 3.05) is 19.7 Å². The van der Waals surface area contributed by atoms with Gasteiger partial charge in [-0.25, -0.2) is 0 Å². The molecule has 2 aliphatic rings. The Hall–Kier alpha value is -0.570. The topological polar surface area (TPSA) is 40.5 Å². The van der Waals surface area contributed by atoms with E-state index in [1.807, 2.05) is 4.90 Å². The van der Waals surface area contributed by atoms with Crippen molar-refractivity contribution in [1.29, 1.82) is 0 Å². The number of piperidine rings is 1. The molecule has 0 unspecified atom stereocenters. The van der Waals surface area contributed by atoms with E-state index >= 15 is 0 Å². The molecule has 0 aromatic rings. The number of aliphatic hydroxyl groups is 1. The lowest BCUT2D eigenvalue weighted by atomic mass is 9.97. The molecule has 1 heterocycles. The highest BCUT2D eigenvalue weighted by molar-refractivity contribution is 5.85. The lowest BCUT2D eigenvalue weighted by molar-refractivity contribution is -0.138. The molecule has 1 atom stereocenters. The molecule has 1 aliphatic heterocycles. The summed E-state index contributed by atoms with van der Waals surface area (Å²) in [6.45, 7) is 3.94. The third-order valence-corrected chi connectivity index (χ3v) is 3.58. The Morgan fingerprint density at radius 2 is 2.29 bits per heavy atom. The molecule has 0 aromatic heterocycles. The van der Waals surface area contributed by atoms with Gasteiger partial charge < -0.3 is 10.0 Å². The van der Waals surface area contributed by atoms with Gasteiger partial charge in [0.15, 0.2) is 0 Å². The van der Waals surface area contributed by atoms with Gasteiger partial charge >= 0.3 is 0 Å². The predicted octanol–water partition coefficient (Wildman–Crippen LogP) is 1.02. The smallest absolute Gasteiger partial charge is 0.228 e. The quantitative estimate of drug-likeness (QED) is 0.718. The molecule has 2 fully saturated rings. The zero-order valence-corrected chi connectivity index (χ0v) is 8.83. The second-order valence-corrected chi connectivity index (χ2v) is 5.00. The lowest BCUT2D eigenvalue weighted by Crippen LogP contribution is -2.43. The molecule has 3 heteroatoms. The number of hydrogen-bond acceptors (Lipinski definition) is 2. The van der Waals surface area contributed by atoms with Gasteiger partial charge in [-0.05, 0) is 31.6 Å². The number of rotatable bonds is 2. The highest BCUT2D eigenvalue weighted by atomic mass is 16.3. The van der Waals surface area contributed by atoms with Crippen LogP contribution in [0.5, 0.6) is 0 Å². The van der Waals surface area contributed by atoms with Crippen molar-refractivity contribution in [3.8, 4) is 0 Å². The van der Waals surface area contributed by atoms with Gasteiger partial charge in [0.2, 0.25) is 5.91 Å². The average molecular weight is 197 g/mol. The SMILES string of the molecule is CC1(C(=O)N2CCC[C@@H](CO)C2)CC1. The van der Waals surface area contributed by atoms with Gasteiger partial charge in [-0.1, -0.05) is 6.92 Å². The van der Waals surface area contributed by atoms with Crippen LogP contribution in [0.15, 0.2) is 0 Å². The van der Waals surface area contributed by atoms with Crippen LogP contribution in [0.2, 0.25) is 0 Å². The van der Waals surface area contributed by atoms with Crippen LogP contribution in [0.25, 0.3) is 0 Å². The molecular weight excluding hydrogens is 178 g/mol. The van der Waals surface area contributed by atoms with Gasteiger partial charge in [0.05, 0.1) is 0 Å². The molecule has 14 heavy (non-hydrogen) atoms. The van der Waals surface area contributed by atoms with Crippen molar-refractivity contribution in [1.82, 2.24) is 4.90 Å². The summed E-state index contributed by atoms with van der Waals surface area (Å²) in [6, 6.07) is 0. The van der Waals surface area contributed by atoms with Crippen molar-refractivity contribution in [3.63, 3.8) is 0 Å². The van der Waals surface area contributed by atoms with Crippen molar-refractivity contribution >= 4 is 5.91 Å². The van der Waals surface area contributed by atoms with E-state index in [2.05, 4.69) is 6.92 Å². The number of aliphatic hydroxyl groups excluding tert-OH is 1. The molecule has 0 spiro atoms. The molecule has 80 valence electrons. The Kier molecular flexibility index (Phi) is 2.52. The summed E-state index contributed by atoms with van der Waals surface area (Å²) in [5, 5.41) is 9.07. The van der Waals surface area contributed by atoms with Crippen LogP contribution in [0.1, 0.15) is 32.6 Å². The first-order valence-electron chi connectivity index (χ1n) is 5.56. The van der Waals surface area contributed by atoms with Crippen LogP contribution in [-0.4, -0.2) is 35.6 Å². The first kappa shape index (κ1) is 9.97. The van der Waals surface area contributed by atoms with E-state index in [9.17, 15) is 4.79 Å². The Morgan fingerprint density at radius 1 is 1.57 bits per heavy atom. The number of nitrogens with zero attached hydrogens (tertiary/aromatic N) is 1. The zero-order valence-electron chi connectivity index (χ0n) is 8.83. The Morgan fingerprint density at radius 3 is 2.86 bits per heavy atom. The molecule has 1 aliphatic carbocycles. The Labute approximate surface area is 85.1 Å². The summed E-state index contributed by atoms with van der Waals surface area (Å²) in [4.78, 5) is 13.9. The minimum absolute atomic E-state index is 0.0443. The Bertz CT molecular complexity index is 235. The van der Waals surface area contributed by atoms with Crippen molar-refractivity contribution < 1.29 is 9.90 Å². The lowest BCUT2D eigenvalue weighted by Gasteiger charge is -2.33. The highest BCUT2D eigenvalue weighted by Crippen LogP contribution is 2.46. The minimum Gasteiger partial charge on any atom is -0.396 e. The number of hydrogen-bond donors (Lipinski definition) is 1. The van der Waals surface area contributed by atoms with Gasteiger partial charge in [-0.3, -0.25) is 4.79 Å². The van der Waals surface area contributed by atoms with Crippen molar-refractivity contribution in [2.24, 2.45) is 11.3 Å². The monoisotopic (exact) mass is 197 g/mol. The Balaban J connectivity index is 1.93. The molecule has 0 radical (unpaired) electrons. The fourth-order valence-electron chi connectivity index (χ4n) is 2.18. The summed E-state index contributed by atoms with van der Waals surface area (Å²) in [5.74, 6) is 0.630. The molecule has 1 saturated heterocycles. The summed E-state index contributed by atoms with van der Waals surface area (Å²) in [6.07, 6.45) is 4.21. The van der Waals surface area contributed by atoms with E-state index in [1.54, 1.807) is 0 Å². The van der Waals surface area contributed by atoms with Gasteiger partial charge in [0.25, 0.3) is 0 Å². The number of likely N-dealkylation sites (tertiary alicyclic amines) is 1. The third kappa shape index (κ3) is 1.78. The normalized spacial score (nSPS) is 30.1. The molecule has 3 nitrogen and oxygen atoms in total. The number of carbonyl (C=O) groups excluding carboxylic acids is 1. The molecule has 2 rings (SSSR count). The minimum atomic E-state index is -0.0443. The fraction of sp³-hybridized carbons (Fsp3) is 0.909. The average Bonchev–Trinajstić information content (AvgIpc) is 2.97. The van der Waals surface area contributed by atoms with Gasteiger partial charge in [-0.15, -0.1) is 0 Å². The van der Waals surface area contributed by atoms with Gasteiger partial charge in [0.1, 0.15) is 0 Å². The maximum Gasteiger partial charge on any atom is 0.228 e. The first-order chi connectivity index (χ1) is 6.65. The van der Waals surface area contributed by atoms with Crippen LogP contribution in [0.3, 0.4) is 0 Å². The van der Waals surface area contributed by atoms with Gasteiger partial charge in [-0.2, -0.15) is 0 Å². The van der Waals surface area contributed by atoms with Crippen LogP contribution in [0, 0.1) is 11.3 Å². The van der Waals surface area contributed by atoms with Crippen LogP contribution < -0.4 is 0 Å². The largest absolute Gasteiger partial charge is 0.396 e. The van der Waals surface area contributed by atoms with E-state index in [1.165, 1.54) is 0 Å². The van der Waals surface area contributed by atoms with Gasteiger partial charge in [0, 0.05) is 25.1 Å². The summed E-state index contributed by atoms with van der Waals surface area (Å²) < 4.78 is 0. The first-order valence-corrected chi connectivity index (χ1v) is 5.56. The molecular formula is C11H19NO2. The second kappa shape index (κ2) is 3.54. The van der Waals surface area contributed by atoms with E-state index in [0.717, 1.165) is 38.8 Å². The fourth-order valence-corrected chi connectivity index (χ4v) is 2.18. The highest BCUT2D eigenvalue weighted by Gasteiger charge is 2.47. The third-order valence-electron chi connectivity index (χ3n) is 3.58. The maximum absolute atomic E-state index is 12.0. The molecule has 1 N–H and O–H groups in total. The standard InChI is InChI=1S/C11H19NO2/c1-11(4-5-11)10(14)12-6-2-3-9(7-12)8-13/h9,13H,2-8H2,1H3/t9-/m1/s1. The van der Waals surface area contributed by atoms with E-state index < -0.39 is 0 Å². The van der Waals surface area contributed by atoms with E-state index in [0.29, 0.717) is 11.8 Å². The van der Waals surface area contributed by atoms with Crippen LogP contribution >= 0.6 is 0 Å². The number of amides is 1. The van der Waals surface area contributed by atoms with E-state index in [4.69, 9.17) is 5.11 Å². The molecule has 1 amide bonds. The summed E-state index contributed by atoms with van der Waals surface area (Å²) in [7, 11) is 0. The number of carbonyl (C=O) groups is 1. The zero-order chi connectivity index (χ0) is 10.2. The summed E-state index contributed by atoms with van der Waals surface area (Å²) in [5.41, 5.74) is -0.0443. The van der Waals surface area contributed by atoms with Crippen molar-refractivity contribution in [3.05, 3.63) is 0 Å². The van der Waals surface area contributed by atoms with Crippen LogP contribution in [0.4, 0.5) is 0 Å². The van der Waals surface area contributed by atoms with Crippen LogP contribution in [-0.2, 0) is 4.79 Å². The summed E-state index contributed by atoms with van der Waals surface area (Å²) >= 11 is 0. The second-order valence-electron chi connectivity index (χ2n) is 5.00. The molecule has 0 bridgehead atoms. The predicted molar refractivity (Wildman–Crippen MR) is 53.7 cm³/mol. The van der Waals surface area contributed by atoms with Crippen molar-refractivity contribution in [2.45, 2.75) is 32.6 Å². The maximum atomic E-state index is 12.0. The molecule has 1 saturated carbocycles.